The first-order valence-electron chi connectivity index (χ1n) is 2.05. The molecule has 1 aliphatic rings. The molecule has 0 unspecified atom stereocenters. The third kappa shape index (κ3) is 3.04. The topological polar surface area (TPSA) is 38.2 Å². The van der Waals surface area contributed by atoms with Gasteiger partial charge in [-0.15, -0.1) is 0 Å². The molecule has 7 heavy (non-hydrogen) atoms. The number of hydrogen-bond acceptors (Lipinski definition) is 2. The normalized spacial score (nSPS) is 20.6. The second-order valence-electron chi connectivity index (χ2n) is 1.22. The van der Waals surface area contributed by atoms with E-state index in [9.17, 15) is 0 Å². The van der Waals surface area contributed by atoms with Gasteiger partial charge in [0.25, 0.3) is 0 Å². The minimum atomic E-state index is 0. The van der Waals surface area contributed by atoms with Crippen molar-refractivity contribution < 1.29 is 17.4 Å². The van der Waals surface area contributed by atoms with Crippen LogP contribution in [0, 0.1) is 0 Å². The Morgan fingerprint density at radius 1 is 1.14 bits per heavy atom. The van der Waals surface area contributed by atoms with Gasteiger partial charge in [-0.3, -0.25) is 0 Å². The average Bonchev–Trinajstić information content (AvgIpc) is 1.72. The second-order valence-corrected chi connectivity index (χ2v) is 1.22. The molecular weight excluding hydrogens is 130 g/mol. The van der Waals surface area contributed by atoms with Crippen LogP contribution in [0.5, 0.6) is 0 Å². The van der Waals surface area contributed by atoms with Crippen LogP contribution >= 0.6 is 0 Å². The van der Waals surface area contributed by atoms with Crippen LogP contribution in [0.15, 0.2) is 0 Å². The van der Waals surface area contributed by atoms with Gasteiger partial charge in [0, 0.05) is 24.0 Å². The van der Waals surface area contributed by atoms with E-state index in [1.807, 2.05) is 0 Å². The van der Waals surface area contributed by atoms with E-state index in [0.717, 1.165) is 20.0 Å². The van der Waals surface area contributed by atoms with Gasteiger partial charge in [-0.05, 0) is 0 Å². The zero-order valence-electron chi connectivity index (χ0n) is 3.98. The summed E-state index contributed by atoms with van der Waals surface area (Å²) in [6.45, 7) is 2.53. The number of nitrogens with one attached hydrogen (secondary N) is 2. The Bertz CT molecular complexity index is 25.7. The van der Waals surface area contributed by atoms with E-state index in [-0.39, 0.29) is 17.4 Å². The molecule has 1 fully saturated rings. The first-order valence-corrected chi connectivity index (χ1v) is 2.05. The second kappa shape index (κ2) is 4.57. The summed E-state index contributed by atoms with van der Waals surface area (Å²) < 4.78 is 0. The molecule has 42 valence electrons. The van der Waals surface area contributed by atoms with Crippen LogP contribution in [-0.2, 0) is 17.4 Å². The molecule has 0 radical (unpaired) electrons. The maximum Gasteiger partial charge on any atom is 0.0422 e. The smallest absolute Gasteiger partial charge is 0.0422 e. The molecule has 0 saturated carbocycles. The minimum absolute atomic E-state index is 0. The van der Waals surface area contributed by atoms with E-state index in [2.05, 4.69) is 16.0 Å². The molecule has 4 heteroatoms. The van der Waals surface area contributed by atoms with E-state index in [4.69, 9.17) is 0 Å². The Hall–Kier alpha value is 0.412. The molecule has 0 bridgehead atoms. The van der Waals surface area contributed by atoms with E-state index in [1.54, 1.807) is 0 Å². The molecule has 0 aromatic heterocycles. The first-order chi connectivity index (χ1) is 3.00. The molecular formula is C3H8CrN3-. The molecule has 0 atom stereocenters. The van der Waals surface area contributed by atoms with Gasteiger partial charge in [0.2, 0.25) is 0 Å². The molecule has 0 spiro atoms. The standard InChI is InChI=1S/C3H8N3.Cr/c1-4-2-6-3-5-1;/h4-5H,1-3H2;/q-1;. The van der Waals surface area contributed by atoms with Gasteiger partial charge < -0.3 is 16.0 Å². The number of hydrogen-bond donors (Lipinski definition) is 2. The van der Waals surface area contributed by atoms with Crippen LogP contribution in [0.25, 0.3) is 5.32 Å². The maximum absolute atomic E-state index is 3.95. The summed E-state index contributed by atoms with van der Waals surface area (Å²) >= 11 is 0. The molecule has 0 aromatic carbocycles. The fourth-order valence-electron chi connectivity index (χ4n) is 0.414. The quantitative estimate of drug-likeness (QED) is 0.470. The monoisotopic (exact) mass is 138 g/mol. The SMILES string of the molecule is C1[N-]CNCN1.[Cr]. The molecule has 0 aliphatic carbocycles. The molecule has 0 aromatic rings. The Morgan fingerprint density at radius 3 is 1.86 bits per heavy atom. The summed E-state index contributed by atoms with van der Waals surface area (Å²) in [6, 6.07) is 0. The van der Waals surface area contributed by atoms with Crippen molar-refractivity contribution >= 4 is 0 Å². The molecule has 3 nitrogen and oxygen atoms in total. The van der Waals surface area contributed by atoms with Crippen LogP contribution in [0.1, 0.15) is 0 Å². The largest absolute Gasteiger partial charge is 0.638 e. The van der Waals surface area contributed by atoms with Gasteiger partial charge in [0.1, 0.15) is 0 Å². The molecule has 1 heterocycles. The molecule has 2 N–H and O–H groups in total. The van der Waals surface area contributed by atoms with E-state index < -0.39 is 0 Å². The van der Waals surface area contributed by atoms with Gasteiger partial charge >= 0.3 is 0 Å². The Morgan fingerprint density at radius 2 is 1.71 bits per heavy atom. The Labute approximate surface area is 54.0 Å². The molecule has 0 amide bonds. The maximum atomic E-state index is 3.95. The van der Waals surface area contributed by atoms with Crippen molar-refractivity contribution in [3.05, 3.63) is 5.32 Å². The van der Waals surface area contributed by atoms with Gasteiger partial charge in [0.05, 0.1) is 0 Å². The van der Waals surface area contributed by atoms with Gasteiger partial charge in [0.15, 0.2) is 0 Å². The van der Waals surface area contributed by atoms with Crippen LogP contribution in [-0.4, -0.2) is 20.0 Å². The summed E-state index contributed by atoms with van der Waals surface area (Å²) in [5, 5.41) is 9.97. The molecule has 1 saturated heterocycles. The summed E-state index contributed by atoms with van der Waals surface area (Å²) in [7, 11) is 0. The Kier molecular flexibility index (Phi) is 4.84. The van der Waals surface area contributed by atoms with Crippen LogP contribution < -0.4 is 10.6 Å². The summed E-state index contributed by atoms with van der Waals surface area (Å²) in [4.78, 5) is 0. The van der Waals surface area contributed by atoms with E-state index >= 15 is 0 Å². The number of rotatable bonds is 0. The summed E-state index contributed by atoms with van der Waals surface area (Å²) in [6.07, 6.45) is 0. The molecule has 1 aliphatic heterocycles. The van der Waals surface area contributed by atoms with Crippen molar-refractivity contribution in [1.29, 1.82) is 0 Å². The fraction of sp³-hybridized carbons (Fsp3) is 1.00. The first kappa shape index (κ1) is 7.41. The van der Waals surface area contributed by atoms with E-state index in [1.165, 1.54) is 0 Å². The van der Waals surface area contributed by atoms with Crippen LogP contribution in [0.4, 0.5) is 0 Å². The molecule has 1 rings (SSSR count). The van der Waals surface area contributed by atoms with Crippen molar-refractivity contribution in [1.82, 2.24) is 10.6 Å². The Balaban J connectivity index is 0.000000360. The zero-order valence-corrected chi connectivity index (χ0v) is 5.25. The van der Waals surface area contributed by atoms with Gasteiger partial charge in [-0.2, -0.15) is 0 Å². The van der Waals surface area contributed by atoms with Crippen molar-refractivity contribution in [3.8, 4) is 0 Å². The van der Waals surface area contributed by atoms with Crippen LogP contribution in [0.3, 0.4) is 0 Å². The summed E-state index contributed by atoms with van der Waals surface area (Å²) in [5.41, 5.74) is 0. The van der Waals surface area contributed by atoms with E-state index in [0.29, 0.717) is 0 Å². The minimum Gasteiger partial charge on any atom is -0.638 e. The average molecular weight is 138 g/mol. The van der Waals surface area contributed by atoms with Crippen molar-refractivity contribution in [3.63, 3.8) is 0 Å². The van der Waals surface area contributed by atoms with Crippen molar-refractivity contribution in [2.75, 3.05) is 20.0 Å². The third-order valence-electron chi connectivity index (χ3n) is 0.697. The third-order valence-corrected chi connectivity index (χ3v) is 0.697. The predicted octanol–water partition coefficient (Wildman–Crippen LogP) is -0.577. The van der Waals surface area contributed by atoms with Gasteiger partial charge in [-0.25, -0.2) is 0 Å². The number of nitrogens with zero attached hydrogens (tertiary/aromatic N) is 1. The van der Waals surface area contributed by atoms with Crippen molar-refractivity contribution in [2.45, 2.75) is 0 Å². The fourth-order valence-corrected chi connectivity index (χ4v) is 0.414. The van der Waals surface area contributed by atoms with Crippen molar-refractivity contribution in [2.24, 2.45) is 0 Å². The zero-order chi connectivity index (χ0) is 4.24. The van der Waals surface area contributed by atoms with Crippen LogP contribution in [0.2, 0.25) is 0 Å². The van der Waals surface area contributed by atoms with Gasteiger partial charge in [-0.1, -0.05) is 13.3 Å². The predicted molar refractivity (Wildman–Crippen MR) is 24.2 cm³/mol. The summed E-state index contributed by atoms with van der Waals surface area (Å²) in [5.74, 6) is 0.